The predicted octanol–water partition coefficient (Wildman–Crippen LogP) is 2.89. The van der Waals surface area contributed by atoms with Crippen molar-refractivity contribution in [2.24, 2.45) is 0 Å². The summed E-state index contributed by atoms with van der Waals surface area (Å²) in [6.07, 6.45) is 0. The average Bonchev–Trinajstić information content (AvgIpc) is 2.61. The minimum atomic E-state index is -0.274. The molecule has 0 spiro atoms. The Hall–Kier alpha value is -1.61. The van der Waals surface area contributed by atoms with E-state index in [2.05, 4.69) is 0 Å². The van der Waals surface area contributed by atoms with Gasteiger partial charge in [0.2, 0.25) is 0 Å². The summed E-state index contributed by atoms with van der Waals surface area (Å²) in [6, 6.07) is 7.82. The molecule has 3 heteroatoms. The van der Waals surface area contributed by atoms with Crippen molar-refractivity contribution in [3.8, 4) is 11.3 Å². The second-order valence-corrected chi connectivity index (χ2v) is 3.36. The molecule has 1 aromatic heterocycles. The molecule has 0 amide bonds. The molecule has 0 bridgehead atoms. The van der Waals surface area contributed by atoms with Gasteiger partial charge in [-0.2, -0.15) is 0 Å². The van der Waals surface area contributed by atoms with E-state index in [9.17, 15) is 4.39 Å². The quantitative estimate of drug-likeness (QED) is 0.819. The van der Waals surface area contributed by atoms with Gasteiger partial charge in [0.15, 0.2) is 0 Å². The van der Waals surface area contributed by atoms with Gasteiger partial charge in [-0.15, -0.1) is 0 Å². The topological polar surface area (TPSA) is 33.4 Å². The number of aliphatic hydroxyl groups excluding tert-OH is 1. The first-order chi connectivity index (χ1) is 7.20. The normalized spacial score (nSPS) is 10.6. The van der Waals surface area contributed by atoms with Gasteiger partial charge in [0, 0.05) is 11.1 Å². The minimum Gasteiger partial charge on any atom is -0.461 e. The molecule has 2 rings (SSSR count). The van der Waals surface area contributed by atoms with Crippen molar-refractivity contribution in [1.82, 2.24) is 0 Å². The molecule has 0 aliphatic rings. The lowest BCUT2D eigenvalue weighted by molar-refractivity contribution is 0.279. The Balaban J connectivity index is 2.41. The molecule has 1 N–H and O–H groups in total. The highest BCUT2D eigenvalue weighted by molar-refractivity contribution is 5.58. The van der Waals surface area contributed by atoms with E-state index in [1.165, 1.54) is 12.1 Å². The maximum atomic E-state index is 12.7. The van der Waals surface area contributed by atoms with Crippen LogP contribution >= 0.6 is 0 Å². The Morgan fingerprint density at radius 1 is 1.27 bits per heavy atom. The third-order valence-electron chi connectivity index (χ3n) is 2.32. The van der Waals surface area contributed by atoms with E-state index in [-0.39, 0.29) is 12.4 Å². The maximum Gasteiger partial charge on any atom is 0.134 e. The SMILES string of the molecule is Cc1oc(-c2ccc(F)cc2)cc1CO. The van der Waals surface area contributed by atoms with Crippen molar-refractivity contribution in [3.63, 3.8) is 0 Å². The molecule has 78 valence electrons. The van der Waals surface area contributed by atoms with Crippen LogP contribution in [0.4, 0.5) is 4.39 Å². The molecule has 0 saturated heterocycles. The number of hydrogen-bond acceptors (Lipinski definition) is 2. The number of rotatable bonds is 2. The molecule has 0 aliphatic carbocycles. The first kappa shape index (κ1) is 9.93. The zero-order chi connectivity index (χ0) is 10.8. The van der Waals surface area contributed by atoms with Gasteiger partial charge in [-0.3, -0.25) is 0 Å². The third-order valence-corrected chi connectivity index (χ3v) is 2.32. The second kappa shape index (κ2) is 3.87. The summed E-state index contributed by atoms with van der Waals surface area (Å²) in [6.45, 7) is 1.75. The van der Waals surface area contributed by atoms with Gasteiger partial charge in [0.25, 0.3) is 0 Å². The van der Waals surface area contributed by atoms with E-state index in [0.717, 1.165) is 11.1 Å². The molecule has 0 saturated carbocycles. The highest BCUT2D eigenvalue weighted by Crippen LogP contribution is 2.25. The molecular formula is C12H11FO2. The van der Waals surface area contributed by atoms with Crippen LogP contribution in [0.3, 0.4) is 0 Å². The summed E-state index contributed by atoms with van der Waals surface area (Å²) >= 11 is 0. The summed E-state index contributed by atoms with van der Waals surface area (Å²) in [7, 11) is 0. The van der Waals surface area contributed by atoms with E-state index in [1.54, 1.807) is 25.1 Å². The maximum absolute atomic E-state index is 12.7. The molecule has 2 nitrogen and oxygen atoms in total. The molecule has 0 unspecified atom stereocenters. The highest BCUT2D eigenvalue weighted by atomic mass is 19.1. The molecule has 2 aromatic rings. The van der Waals surface area contributed by atoms with Crippen molar-refractivity contribution in [2.45, 2.75) is 13.5 Å². The van der Waals surface area contributed by atoms with Crippen LogP contribution in [0.25, 0.3) is 11.3 Å². The van der Waals surface area contributed by atoms with Gasteiger partial charge < -0.3 is 9.52 Å². The van der Waals surface area contributed by atoms with Gasteiger partial charge in [-0.25, -0.2) is 4.39 Å². The van der Waals surface area contributed by atoms with Crippen LogP contribution in [0.15, 0.2) is 34.7 Å². The molecular weight excluding hydrogens is 195 g/mol. The summed E-state index contributed by atoms with van der Waals surface area (Å²) in [5.74, 6) is 1.07. The molecule has 0 fully saturated rings. The predicted molar refractivity (Wildman–Crippen MR) is 54.8 cm³/mol. The highest BCUT2D eigenvalue weighted by Gasteiger charge is 2.08. The van der Waals surface area contributed by atoms with E-state index < -0.39 is 0 Å². The monoisotopic (exact) mass is 206 g/mol. The fraction of sp³-hybridized carbons (Fsp3) is 0.167. The molecule has 1 aromatic carbocycles. The fourth-order valence-electron chi connectivity index (χ4n) is 1.43. The van der Waals surface area contributed by atoms with Crippen LogP contribution in [0.5, 0.6) is 0 Å². The largest absolute Gasteiger partial charge is 0.461 e. The van der Waals surface area contributed by atoms with Gasteiger partial charge >= 0.3 is 0 Å². The van der Waals surface area contributed by atoms with Gasteiger partial charge in [0.1, 0.15) is 17.3 Å². The van der Waals surface area contributed by atoms with Gasteiger partial charge in [-0.1, -0.05) is 0 Å². The Morgan fingerprint density at radius 2 is 1.93 bits per heavy atom. The summed E-state index contributed by atoms with van der Waals surface area (Å²) in [4.78, 5) is 0. The van der Waals surface area contributed by atoms with Crippen LogP contribution in [0.1, 0.15) is 11.3 Å². The zero-order valence-corrected chi connectivity index (χ0v) is 8.33. The molecule has 15 heavy (non-hydrogen) atoms. The molecule has 1 heterocycles. The van der Waals surface area contributed by atoms with Crippen LogP contribution in [0.2, 0.25) is 0 Å². The second-order valence-electron chi connectivity index (χ2n) is 3.36. The smallest absolute Gasteiger partial charge is 0.134 e. The van der Waals surface area contributed by atoms with Crippen LogP contribution in [0, 0.1) is 12.7 Å². The Labute approximate surface area is 87.0 Å². The fourth-order valence-corrected chi connectivity index (χ4v) is 1.43. The number of halogens is 1. The van der Waals surface area contributed by atoms with Crippen LogP contribution in [-0.4, -0.2) is 5.11 Å². The van der Waals surface area contributed by atoms with E-state index >= 15 is 0 Å². The average molecular weight is 206 g/mol. The zero-order valence-electron chi connectivity index (χ0n) is 8.33. The minimum absolute atomic E-state index is 0.0451. The number of benzene rings is 1. The Morgan fingerprint density at radius 3 is 2.47 bits per heavy atom. The Kier molecular flexibility index (Phi) is 2.56. The number of furan rings is 1. The van der Waals surface area contributed by atoms with Crippen molar-refractivity contribution >= 4 is 0 Å². The standard InChI is InChI=1S/C12H11FO2/c1-8-10(7-14)6-12(15-8)9-2-4-11(13)5-3-9/h2-6,14H,7H2,1H3. The first-order valence-corrected chi connectivity index (χ1v) is 4.67. The molecule has 0 aliphatic heterocycles. The third kappa shape index (κ3) is 1.92. The lowest BCUT2D eigenvalue weighted by Crippen LogP contribution is -1.79. The molecule has 0 atom stereocenters. The lowest BCUT2D eigenvalue weighted by Gasteiger charge is -1.95. The lowest BCUT2D eigenvalue weighted by atomic mass is 10.1. The summed E-state index contributed by atoms with van der Waals surface area (Å²) in [5, 5.41) is 9.00. The van der Waals surface area contributed by atoms with Gasteiger partial charge in [0.05, 0.1) is 6.61 Å². The van der Waals surface area contributed by atoms with Crippen molar-refractivity contribution in [1.29, 1.82) is 0 Å². The number of aliphatic hydroxyl groups is 1. The number of aryl methyl sites for hydroxylation is 1. The van der Waals surface area contributed by atoms with E-state index in [0.29, 0.717) is 11.5 Å². The summed E-state index contributed by atoms with van der Waals surface area (Å²) in [5.41, 5.74) is 1.56. The van der Waals surface area contributed by atoms with Crippen molar-refractivity contribution < 1.29 is 13.9 Å². The van der Waals surface area contributed by atoms with Crippen molar-refractivity contribution in [3.05, 3.63) is 47.5 Å². The van der Waals surface area contributed by atoms with E-state index in [4.69, 9.17) is 9.52 Å². The van der Waals surface area contributed by atoms with Gasteiger partial charge in [-0.05, 0) is 37.3 Å². The van der Waals surface area contributed by atoms with E-state index in [1.807, 2.05) is 0 Å². The van der Waals surface area contributed by atoms with Crippen LogP contribution < -0.4 is 0 Å². The van der Waals surface area contributed by atoms with Crippen LogP contribution in [-0.2, 0) is 6.61 Å². The number of hydrogen-bond donors (Lipinski definition) is 1. The van der Waals surface area contributed by atoms with Crippen molar-refractivity contribution in [2.75, 3.05) is 0 Å². The Bertz CT molecular complexity index is 457. The first-order valence-electron chi connectivity index (χ1n) is 4.67. The summed E-state index contributed by atoms with van der Waals surface area (Å²) < 4.78 is 18.1. The molecule has 0 radical (unpaired) electrons.